The fourth-order valence-corrected chi connectivity index (χ4v) is 5.28. The number of amides is 3. The van der Waals surface area contributed by atoms with Gasteiger partial charge in [-0.15, -0.1) is 11.3 Å². The van der Waals surface area contributed by atoms with E-state index in [-0.39, 0.29) is 18.0 Å². The van der Waals surface area contributed by atoms with Gasteiger partial charge in [-0.1, -0.05) is 6.92 Å². The van der Waals surface area contributed by atoms with Crippen LogP contribution in [0, 0.1) is 5.92 Å². The molecular weight excluding hydrogens is 346 g/mol. The molecule has 3 heterocycles. The molecule has 2 aliphatic heterocycles. The summed E-state index contributed by atoms with van der Waals surface area (Å²) in [5, 5.41) is 2.15. The van der Waals surface area contributed by atoms with E-state index in [1.54, 1.807) is 0 Å². The number of carbonyl (C=O) groups is 2. The summed E-state index contributed by atoms with van der Waals surface area (Å²) in [6.45, 7) is 9.90. The molecule has 1 atom stereocenters. The van der Waals surface area contributed by atoms with E-state index < -0.39 is 0 Å². The molecule has 0 aromatic carbocycles. The van der Waals surface area contributed by atoms with Gasteiger partial charge in [0.25, 0.3) is 0 Å². The van der Waals surface area contributed by atoms with Crippen LogP contribution < -0.4 is 0 Å². The Hall–Kier alpha value is -1.56. The highest BCUT2D eigenvalue weighted by Gasteiger charge is 2.36. The second kappa shape index (κ2) is 8.42. The fourth-order valence-electron chi connectivity index (χ4n) is 4.35. The standard InChI is InChI=1S/C20H31N3O2S/c1-4-17-16-10-14-26-18(16)9-13-23(17)19(24)15-7-11-22(12-8-15)20(25)21(5-2)6-3/h10,14-15,17H,4-9,11-13H2,1-3H3. The summed E-state index contributed by atoms with van der Waals surface area (Å²) in [5.74, 6) is 0.355. The molecule has 0 spiro atoms. The van der Waals surface area contributed by atoms with Crippen LogP contribution in [0.1, 0.15) is 56.5 Å². The smallest absolute Gasteiger partial charge is 0.319 e. The van der Waals surface area contributed by atoms with Crippen molar-refractivity contribution in [2.24, 2.45) is 5.92 Å². The van der Waals surface area contributed by atoms with Crippen molar-refractivity contribution in [1.82, 2.24) is 14.7 Å². The van der Waals surface area contributed by atoms with Gasteiger partial charge >= 0.3 is 6.03 Å². The molecule has 0 radical (unpaired) electrons. The number of urea groups is 1. The van der Waals surface area contributed by atoms with Gasteiger partial charge < -0.3 is 14.7 Å². The van der Waals surface area contributed by atoms with Crippen molar-refractivity contribution >= 4 is 23.3 Å². The van der Waals surface area contributed by atoms with Gasteiger partial charge in [-0.3, -0.25) is 4.79 Å². The lowest BCUT2D eigenvalue weighted by Gasteiger charge is -2.40. The molecule has 1 unspecified atom stereocenters. The lowest BCUT2D eigenvalue weighted by Crippen LogP contribution is -2.50. The van der Waals surface area contributed by atoms with Gasteiger partial charge in [-0.05, 0) is 56.5 Å². The minimum atomic E-state index is 0.0602. The van der Waals surface area contributed by atoms with Crippen LogP contribution >= 0.6 is 11.3 Å². The molecule has 3 amide bonds. The Morgan fingerprint density at radius 2 is 1.85 bits per heavy atom. The molecule has 0 saturated carbocycles. The number of thiophene rings is 1. The lowest BCUT2D eigenvalue weighted by atomic mass is 9.91. The van der Waals surface area contributed by atoms with Crippen molar-refractivity contribution in [2.75, 3.05) is 32.7 Å². The normalized spacial score (nSPS) is 20.8. The highest BCUT2D eigenvalue weighted by Crippen LogP contribution is 2.37. The molecule has 1 saturated heterocycles. The molecule has 0 N–H and O–H groups in total. The molecular formula is C20H31N3O2S. The third-order valence-corrected chi connectivity index (χ3v) is 6.91. The van der Waals surface area contributed by atoms with Gasteiger partial charge in [0, 0.05) is 43.5 Å². The Morgan fingerprint density at radius 3 is 2.46 bits per heavy atom. The van der Waals surface area contributed by atoms with Crippen molar-refractivity contribution in [3.8, 4) is 0 Å². The van der Waals surface area contributed by atoms with Gasteiger partial charge in [-0.2, -0.15) is 0 Å². The van der Waals surface area contributed by atoms with E-state index in [0.29, 0.717) is 19.0 Å². The Bertz CT molecular complexity index is 633. The van der Waals surface area contributed by atoms with Crippen molar-refractivity contribution < 1.29 is 9.59 Å². The summed E-state index contributed by atoms with van der Waals surface area (Å²) in [5.41, 5.74) is 1.35. The van der Waals surface area contributed by atoms with E-state index in [1.165, 1.54) is 10.4 Å². The van der Waals surface area contributed by atoms with Crippen LogP contribution in [0.4, 0.5) is 4.79 Å². The van der Waals surface area contributed by atoms with Crippen LogP contribution in [0.5, 0.6) is 0 Å². The quantitative estimate of drug-likeness (QED) is 0.802. The minimum Gasteiger partial charge on any atom is -0.335 e. The van der Waals surface area contributed by atoms with E-state index in [2.05, 4.69) is 23.3 Å². The zero-order chi connectivity index (χ0) is 18.7. The van der Waals surface area contributed by atoms with E-state index >= 15 is 0 Å². The molecule has 2 aliphatic rings. The van der Waals surface area contributed by atoms with Crippen molar-refractivity contribution in [3.63, 3.8) is 0 Å². The van der Waals surface area contributed by atoms with Crippen LogP contribution in [0.3, 0.4) is 0 Å². The Morgan fingerprint density at radius 1 is 1.15 bits per heavy atom. The zero-order valence-corrected chi connectivity index (χ0v) is 17.1. The summed E-state index contributed by atoms with van der Waals surface area (Å²) in [6.07, 6.45) is 3.52. The number of hydrogen-bond acceptors (Lipinski definition) is 3. The summed E-state index contributed by atoms with van der Waals surface area (Å²) < 4.78 is 0. The molecule has 144 valence electrons. The van der Waals surface area contributed by atoms with Gasteiger partial charge in [-0.25, -0.2) is 4.79 Å². The molecule has 1 aromatic heterocycles. The average molecular weight is 378 g/mol. The maximum absolute atomic E-state index is 13.2. The van der Waals surface area contributed by atoms with Crippen LogP contribution in [0.25, 0.3) is 0 Å². The number of hydrogen-bond donors (Lipinski definition) is 0. The Kier molecular flexibility index (Phi) is 6.22. The summed E-state index contributed by atoms with van der Waals surface area (Å²) in [6, 6.07) is 2.54. The summed E-state index contributed by atoms with van der Waals surface area (Å²) in [7, 11) is 0. The van der Waals surface area contributed by atoms with Gasteiger partial charge in [0.05, 0.1) is 6.04 Å². The second-order valence-corrected chi connectivity index (χ2v) is 8.22. The number of carbonyl (C=O) groups excluding carboxylic acids is 2. The molecule has 1 fully saturated rings. The minimum absolute atomic E-state index is 0.0602. The first kappa shape index (κ1) is 19.2. The average Bonchev–Trinajstić information content (AvgIpc) is 3.16. The molecule has 0 bridgehead atoms. The van der Waals surface area contributed by atoms with E-state index in [0.717, 1.165) is 45.3 Å². The molecule has 3 rings (SSSR count). The highest BCUT2D eigenvalue weighted by molar-refractivity contribution is 7.10. The molecule has 26 heavy (non-hydrogen) atoms. The molecule has 1 aromatic rings. The SMILES string of the molecule is CCC1c2ccsc2CCN1C(=O)C1CCN(C(=O)N(CC)CC)CC1. The van der Waals surface area contributed by atoms with E-state index in [9.17, 15) is 9.59 Å². The first-order chi connectivity index (χ1) is 12.6. The second-order valence-electron chi connectivity index (χ2n) is 7.22. The van der Waals surface area contributed by atoms with Crippen molar-refractivity contribution in [3.05, 3.63) is 21.9 Å². The lowest BCUT2D eigenvalue weighted by molar-refractivity contribution is -0.140. The predicted molar refractivity (Wildman–Crippen MR) is 105 cm³/mol. The Balaban J connectivity index is 1.61. The van der Waals surface area contributed by atoms with E-state index in [4.69, 9.17) is 0 Å². The van der Waals surface area contributed by atoms with Gasteiger partial charge in [0.15, 0.2) is 0 Å². The topological polar surface area (TPSA) is 43.9 Å². The third kappa shape index (κ3) is 3.61. The van der Waals surface area contributed by atoms with Crippen molar-refractivity contribution in [2.45, 2.75) is 52.5 Å². The maximum atomic E-state index is 13.2. The van der Waals surface area contributed by atoms with Crippen LogP contribution in [-0.2, 0) is 11.2 Å². The van der Waals surface area contributed by atoms with Crippen LogP contribution in [-0.4, -0.2) is 59.4 Å². The third-order valence-electron chi connectivity index (χ3n) is 5.91. The number of piperidine rings is 1. The van der Waals surface area contributed by atoms with Gasteiger partial charge in [0.1, 0.15) is 0 Å². The Labute approximate surface area is 161 Å². The largest absolute Gasteiger partial charge is 0.335 e. The zero-order valence-electron chi connectivity index (χ0n) is 16.2. The fraction of sp³-hybridized carbons (Fsp3) is 0.700. The van der Waals surface area contributed by atoms with E-state index in [1.807, 2.05) is 35.0 Å². The number of likely N-dealkylation sites (tertiary alicyclic amines) is 1. The monoisotopic (exact) mass is 377 g/mol. The molecule has 6 heteroatoms. The predicted octanol–water partition coefficient (Wildman–Crippen LogP) is 3.76. The number of rotatable bonds is 4. The first-order valence-corrected chi connectivity index (χ1v) is 10.9. The van der Waals surface area contributed by atoms with Crippen LogP contribution in [0.15, 0.2) is 11.4 Å². The summed E-state index contributed by atoms with van der Waals surface area (Å²) in [4.78, 5) is 33.0. The van der Waals surface area contributed by atoms with Crippen LogP contribution in [0.2, 0.25) is 0 Å². The highest BCUT2D eigenvalue weighted by atomic mass is 32.1. The first-order valence-electron chi connectivity index (χ1n) is 10.0. The number of fused-ring (bicyclic) bond motifs is 1. The van der Waals surface area contributed by atoms with Crippen molar-refractivity contribution in [1.29, 1.82) is 0 Å². The maximum Gasteiger partial charge on any atom is 0.319 e. The molecule has 0 aliphatic carbocycles. The molecule has 5 nitrogen and oxygen atoms in total. The summed E-state index contributed by atoms with van der Waals surface area (Å²) >= 11 is 1.82. The van der Waals surface area contributed by atoms with Gasteiger partial charge in [0.2, 0.25) is 5.91 Å². The number of nitrogens with zero attached hydrogens (tertiary/aromatic N) is 3.